The van der Waals surface area contributed by atoms with Gasteiger partial charge in [0.25, 0.3) is 5.91 Å². The molecule has 0 radical (unpaired) electrons. The molecule has 5 nitrogen and oxygen atoms in total. The molecule has 0 spiro atoms. The van der Waals surface area contributed by atoms with Crippen LogP contribution in [-0.2, 0) is 16.4 Å². The molecule has 1 amide bonds. The minimum Gasteiger partial charge on any atom is -0.336 e. The van der Waals surface area contributed by atoms with E-state index < -0.39 is 26.6 Å². The van der Waals surface area contributed by atoms with Gasteiger partial charge in [0.2, 0.25) is 10.0 Å². The summed E-state index contributed by atoms with van der Waals surface area (Å²) in [6, 6.07) is 10.4. The Hall–Kier alpha value is -2.32. The number of benzene rings is 2. The molecule has 0 saturated carbocycles. The predicted octanol–water partition coefficient (Wildman–Crippen LogP) is 3.31. The smallest absolute Gasteiger partial charge is 0.253 e. The minimum atomic E-state index is -4.31. The van der Waals surface area contributed by atoms with Gasteiger partial charge < -0.3 is 4.90 Å². The average Bonchev–Trinajstić information content (AvgIpc) is 2.67. The van der Waals surface area contributed by atoms with Gasteiger partial charge in [-0.2, -0.15) is 4.31 Å². The fraction of sp³-hybridized carbons (Fsp3) is 0.381. The Morgan fingerprint density at radius 1 is 0.966 bits per heavy atom. The number of hydrogen-bond acceptors (Lipinski definition) is 3. The molecule has 0 atom stereocenters. The molecule has 0 aliphatic carbocycles. The van der Waals surface area contributed by atoms with E-state index in [0.29, 0.717) is 11.5 Å². The van der Waals surface area contributed by atoms with Crippen molar-refractivity contribution in [3.63, 3.8) is 0 Å². The van der Waals surface area contributed by atoms with Gasteiger partial charge in [-0.05, 0) is 42.2 Å². The molecule has 1 fully saturated rings. The van der Waals surface area contributed by atoms with Crippen molar-refractivity contribution in [1.29, 1.82) is 0 Å². The molecule has 2 aromatic carbocycles. The second-order valence-electron chi connectivity index (χ2n) is 7.54. The van der Waals surface area contributed by atoms with Gasteiger partial charge in [-0.25, -0.2) is 17.2 Å². The molecule has 0 unspecified atom stereocenters. The zero-order valence-electron chi connectivity index (χ0n) is 16.4. The van der Waals surface area contributed by atoms with Gasteiger partial charge in [-0.15, -0.1) is 0 Å². The van der Waals surface area contributed by atoms with E-state index in [2.05, 4.69) is 13.8 Å². The fourth-order valence-electron chi connectivity index (χ4n) is 3.43. The lowest BCUT2D eigenvalue weighted by molar-refractivity contribution is 0.0697. The highest BCUT2D eigenvalue weighted by atomic mass is 32.2. The van der Waals surface area contributed by atoms with Crippen LogP contribution in [0.2, 0.25) is 0 Å². The third-order valence-corrected chi connectivity index (χ3v) is 6.84. The van der Waals surface area contributed by atoms with Gasteiger partial charge in [0.1, 0.15) is 11.6 Å². The van der Waals surface area contributed by atoms with Gasteiger partial charge in [0.15, 0.2) is 4.90 Å². The van der Waals surface area contributed by atoms with Crippen molar-refractivity contribution in [2.75, 3.05) is 26.2 Å². The molecule has 1 heterocycles. The van der Waals surface area contributed by atoms with Gasteiger partial charge in [0.05, 0.1) is 0 Å². The molecule has 2 aromatic rings. The number of hydrogen-bond donors (Lipinski definition) is 0. The Bertz CT molecular complexity index is 963. The van der Waals surface area contributed by atoms with Gasteiger partial charge in [-0.3, -0.25) is 4.79 Å². The third-order valence-electron chi connectivity index (χ3n) is 4.89. The monoisotopic (exact) mass is 422 g/mol. The molecule has 0 aromatic heterocycles. The standard InChI is InChI=1S/C21H24F2N2O3S/c1-15(2)14-16-6-8-17(9-7-16)21(26)24-10-12-25(13-11-24)29(27,28)20-18(22)4-3-5-19(20)23/h3-9,15H,10-14H2,1-2H3. The second kappa shape index (κ2) is 8.59. The maximum atomic E-state index is 13.9. The van der Waals surface area contributed by atoms with Crippen LogP contribution >= 0.6 is 0 Å². The van der Waals surface area contributed by atoms with Crippen LogP contribution < -0.4 is 0 Å². The van der Waals surface area contributed by atoms with Crippen molar-refractivity contribution in [1.82, 2.24) is 9.21 Å². The van der Waals surface area contributed by atoms with E-state index >= 15 is 0 Å². The lowest BCUT2D eigenvalue weighted by Crippen LogP contribution is -2.50. The second-order valence-corrected chi connectivity index (χ2v) is 9.42. The summed E-state index contributed by atoms with van der Waals surface area (Å²) in [7, 11) is -4.31. The number of sulfonamides is 1. The van der Waals surface area contributed by atoms with Crippen molar-refractivity contribution in [3.05, 3.63) is 65.2 Å². The van der Waals surface area contributed by atoms with E-state index in [1.165, 1.54) is 0 Å². The van der Waals surface area contributed by atoms with Crippen LogP contribution in [0.1, 0.15) is 29.8 Å². The number of piperazine rings is 1. The van der Waals surface area contributed by atoms with E-state index in [0.717, 1.165) is 34.5 Å². The summed E-state index contributed by atoms with van der Waals surface area (Å²) >= 11 is 0. The molecular formula is C21H24F2N2O3S. The van der Waals surface area contributed by atoms with Crippen LogP contribution in [0.25, 0.3) is 0 Å². The highest BCUT2D eigenvalue weighted by Gasteiger charge is 2.34. The van der Waals surface area contributed by atoms with Crippen molar-refractivity contribution >= 4 is 15.9 Å². The SMILES string of the molecule is CC(C)Cc1ccc(C(=O)N2CCN(S(=O)(=O)c3c(F)cccc3F)CC2)cc1. The van der Waals surface area contributed by atoms with Crippen molar-refractivity contribution in [3.8, 4) is 0 Å². The molecule has 29 heavy (non-hydrogen) atoms. The maximum Gasteiger partial charge on any atom is 0.253 e. The number of amides is 1. The highest BCUT2D eigenvalue weighted by Crippen LogP contribution is 2.24. The zero-order chi connectivity index (χ0) is 21.2. The minimum absolute atomic E-state index is 0.0206. The van der Waals surface area contributed by atoms with E-state index in [4.69, 9.17) is 0 Å². The molecular weight excluding hydrogens is 398 g/mol. The number of halogens is 2. The first-order valence-electron chi connectivity index (χ1n) is 9.52. The molecule has 156 valence electrons. The van der Waals surface area contributed by atoms with E-state index in [1.54, 1.807) is 17.0 Å². The van der Waals surface area contributed by atoms with Gasteiger partial charge >= 0.3 is 0 Å². The normalized spacial score (nSPS) is 15.7. The lowest BCUT2D eigenvalue weighted by Gasteiger charge is -2.34. The van der Waals surface area contributed by atoms with Crippen molar-refractivity contribution in [2.24, 2.45) is 5.92 Å². The molecule has 1 aliphatic heterocycles. The predicted molar refractivity (Wildman–Crippen MR) is 106 cm³/mol. The molecule has 1 aliphatic rings. The van der Waals surface area contributed by atoms with Crippen LogP contribution in [0, 0.1) is 17.6 Å². The Kier molecular flexibility index (Phi) is 6.33. The molecule has 8 heteroatoms. The number of nitrogens with zero attached hydrogens (tertiary/aromatic N) is 2. The van der Waals surface area contributed by atoms with Crippen LogP contribution in [0.15, 0.2) is 47.4 Å². The van der Waals surface area contributed by atoms with E-state index in [-0.39, 0.29) is 32.1 Å². The first-order chi connectivity index (χ1) is 13.7. The molecule has 0 bridgehead atoms. The Morgan fingerprint density at radius 2 is 1.52 bits per heavy atom. The third kappa shape index (κ3) is 4.64. The van der Waals surface area contributed by atoms with Crippen LogP contribution in [-0.4, -0.2) is 49.7 Å². The molecule has 0 N–H and O–H groups in total. The summed E-state index contributed by atoms with van der Waals surface area (Å²) in [5, 5.41) is 0. The summed E-state index contributed by atoms with van der Waals surface area (Å²) in [6.45, 7) is 4.52. The van der Waals surface area contributed by atoms with Gasteiger partial charge in [0, 0.05) is 31.7 Å². The summed E-state index contributed by atoms with van der Waals surface area (Å²) in [5.41, 5.74) is 1.69. The zero-order valence-corrected chi connectivity index (χ0v) is 17.3. The first-order valence-corrected chi connectivity index (χ1v) is 11.0. The van der Waals surface area contributed by atoms with E-state index in [9.17, 15) is 22.0 Å². The summed E-state index contributed by atoms with van der Waals surface area (Å²) < 4.78 is 54.2. The van der Waals surface area contributed by atoms with Crippen LogP contribution in [0.4, 0.5) is 8.78 Å². The largest absolute Gasteiger partial charge is 0.336 e. The fourth-order valence-corrected chi connectivity index (χ4v) is 4.96. The number of carbonyl (C=O) groups is 1. The van der Waals surface area contributed by atoms with Crippen LogP contribution in [0.5, 0.6) is 0 Å². The van der Waals surface area contributed by atoms with E-state index in [1.807, 2.05) is 12.1 Å². The summed E-state index contributed by atoms with van der Waals surface area (Å²) in [6.07, 6.45) is 0.928. The van der Waals surface area contributed by atoms with Crippen LogP contribution in [0.3, 0.4) is 0 Å². The number of rotatable bonds is 5. The van der Waals surface area contributed by atoms with Gasteiger partial charge in [-0.1, -0.05) is 32.0 Å². The van der Waals surface area contributed by atoms with Crippen molar-refractivity contribution < 1.29 is 22.0 Å². The molecule has 1 saturated heterocycles. The Morgan fingerprint density at radius 3 is 2.03 bits per heavy atom. The topological polar surface area (TPSA) is 57.7 Å². The lowest BCUT2D eigenvalue weighted by atomic mass is 10.0. The maximum absolute atomic E-state index is 13.9. The average molecular weight is 422 g/mol. The molecule has 3 rings (SSSR count). The summed E-state index contributed by atoms with van der Waals surface area (Å²) in [5.74, 6) is -1.91. The Labute approximate surface area is 170 Å². The first kappa shape index (κ1) is 21.4. The van der Waals surface area contributed by atoms with Crippen molar-refractivity contribution in [2.45, 2.75) is 25.2 Å². The quantitative estimate of drug-likeness (QED) is 0.743. The number of carbonyl (C=O) groups excluding carboxylic acids is 1. The highest BCUT2D eigenvalue weighted by molar-refractivity contribution is 7.89. The summed E-state index contributed by atoms with van der Waals surface area (Å²) in [4.78, 5) is 13.3. The Balaban J connectivity index is 1.68.